The van der Waals surface area contributed by atoms with E-state index in [1.54, 1.807) is 12.1 Å². The number of nitrogens with zero attached hydrogens (tertiary/aromatic N) is 2. The van der Waals surface area contributed by atoms with Gasteiger partial charge >= 0.3 is 6.03 Å². The molecule has 1 fully saturated rings. The number of likely N-dealkylation sites (tertiary alicyclic amines) is 1. The quantitative estimate of drug-likeness (QED) is 0.707. The number of carbonyl (C=O) groups is 1. The first-order valence-corrected chi connectivity index (χ1v) is 11.8. The summed E-state index contributed by atoms with van der Waals surface area (Å²) in [7, 11) is -0.755. The van der Waals surface area contributed by atoms with Crippen molar-refractivity contribution >= 4 is 16.1 Å². The molecule has 1 aliphatic heterocycles. The van der Waals surface area contributed by atoms with Crippen molar-refractivity contribution in [1.82, 2.24) is 14.5 Å². The molecule has 3 atom stereocenters. The predicted molar refractivity (Wildman–Crippen MR) is 116 cm³/mol. The van der Waals surface area contributed by atoms with Crippen molar-refractivity contribution in [1.29, 1.82) is 0 Å². The van der Waals surface area contributed by atoms with E-state index in [1.807, 2.05) is 0 Å². The van der Waals surface area contributed by atoms with Crippen molar-refractivity contribution in [3.8, 4) is 11.1 Å². The summed E-state index contributed by atoms with van der Waals surface area (Å²) in [5.41, 5.74) is 0.890. The number of urea groups is 1. The van der Waals surface area contributed by atoms with E-state index < -0.39 is 45.9 Å². The van der Waals surface area contributed by atoms with E-state index in [0.29, 0.717) is 5.56 Å². The second kappa shape index (κ2) is 9.50. The van der Waals surface area contributed by atoms with Gasteiger partial charge < -0.3 is 9.80 Å². The first-order chi connectivity index (χ1) is 15.0. The molecule has 2 aromatic rings. The minimum Gasteiger partial charge on any atom is -0.331 e. The third-order valence-corrected chi connectivity index (χ3v) is 6.95. The van der Waals surface area contributed by atoms with Crippen LogP contribution in [-0.4, -0.2) is 68.9 Å². The van der Waals surface area contributed by atoms with Crippen LogP contribution in [-0.2, 0) is 16.4 Å². The highest BCUT2D eigenvalue weighted by molar-refractivity contribution is 7.89. The molecule has 0 spiro atoms. The van der Waals surface area contributed by atoms with Crippen molar-refractivity contribution in [2.45, 2.75) is 31.6 Å². The van der Waals surface area contributed by atoms with Gasteiger partial charge in [0.15, 0.2) is 0 Å². The SMILES string of the molecule is CCS(=O)(=O)N[C@H]1[C@@H](F)CN(C(=O)N(C)C)[C@H]1Cc1cccc(-c2ccc(F)cc2)c1F. The normalized spacial score (nSPS) is 21.1. The number of benzene rings is 2. The lowest BCUT2D eigenvalue weighted by Crippen LogP contribution is -2.51. The molecule has 0 aliphatic carbocycles. The summed E-state index contributed by atoms with van der Waals surface area (Å²) >= 11 is 0. The molecule has 0 unspecified atom stereocenters. The number of halogens is 3. The Bertz CT molecular complexity index is 1080. The van der Waals surface area contributed by atoms with Gasteiger partial charge in [0.05, 0.1) is 24.4 Å². The molecule has 1 aliphatic rings. The zero-order valence-corrected chi connectivity index (χ0v) is 18.9. The molecule has 1 heterocycles. The maximum absolute atomic E-state index is 15.4. The number of nitrogens with one attached hydrogen (secondary N) is 1. The van der Waals surface area contributed by atoms with Crippen molar-refractivity contribution in [2.75, 3.05) is 26.4 Å². The minimum atomic E-state index is -3.77. The van der Waals surface area contributed by atoms with Gasteiger partial charge in [0.2, 0.25) is 10.0 Å². The van der Waals surface area contributed by atoms with E-state index in [2.05, 4.69) is 4.72 Å². The van der Waals surface area contributed by atoms with Crippen molar-refractivity contribution in [3.63, 3.8) is 0 Å². The van der Waals surface area contributed by atoms with E-state index >= 15 is 4.39 Å². The van der Waals surface area contributed by atoms with Gasteiger partial charge in [-0.15, -0.1) is 0 Å². The van der Waals surface area contributed by atoms with E-state index in [0.717, 1.165) is 0 Å². The first-order valence-electron chi connectivity index (χ1n) is 10.2. The molecule has 32 heavy (non-hydrogen) atoms. The molecule has 1 saturated heterocycles. The zero-order chi connectivity index (χ0) is 23.6. The van der Waals surface area contributed by atoms with Crippen LogP contribution in [0, 0.1) is 11.6 Å². The fourth-order valence-electron chi connectivity index (χ4n) is 3.84. The largest absolute Gasteiger partial charge is 0.331 e. The highest BCUT2D eigenvalue weighted by Gasteiger charge is 2.46. The number of alkyl halides is 1. The van der Waals surface area contributed by atoms with Gasteiger partial charge in [-0.25, -0.2) is 31.1 Å². The maximum atomic E-state index is 15.4. The number of sulfonamides is 1. The van der Waals surface area contributed by atoms with Gasteiger partial charge in [-0.2, -0.15) is 0 Å². The Morgan fingerprint density at radius 3 is 2.41 bits per heavy atom. The summed E-state index contributed by atoms with van der Waals surface area (Å²) in [5.74, 6) is -1.29. The van der Waals surface area contributed by atoms with Crippen molar-refractivity contribution < 1.29 is 26.4 Å². The summed E-state index contributed by atoms with van der Waals surface area (Å²) in [6, 6.07) is 7.37. The van der Waals surface area contributed by atoms with E-state index in [-0.39, 0.29) is 29.8 Å². The number of hydrogen-bond donors (Lipinski definition) is 1. The topological polar surface area (TPSA) is 69.7 Å². The van der Waals surface area contributed by atoms with Crippen LogP contribution in [0.25, 0.3) is 11.1 Å². The lowest BCUT2D eigenvalue weighted by atomic mass is 9.95. The van der Waals surface area contributed by atoms with E-state index in [1.165, 1.54) is 61.2 Å². The van der Waals surface area contributed by atoms with Crippen LogP contribution < -0.4 is 4.72 Å². The summed E-state index contributed by atoms with van der Waals surface area (Å²) < 4.78 is 70.2. The fraction of sp³-hybridized carbons (Fsp3) is 0.409. The third-order valence-electron chi connectivity index (χ3n) is 5.56. The Kier molecular flexibility index (Phi) is 7.14. The summed E-state index contributed by atoms with van der Waals surface area (Å²) in [4.78, 5) is 15.2. The fourth-order valence-corrected chi connectivity index (χ4v) is 4.73. The molecule has 2 amide bonds. The predicted octanol–water partition coefficient (Wildman–Crippen LogP) is 3.19. The molecular weight excluding hydrogens is 443 g/mol. The van der Waals surface area contributed by atoms with E-state index in [9.17, 15) is 22.0 Å². The second-order valence-corrected chi connectivity index (χ2v) is 9.99. The Balaban J connectivity index is 1.99. The number of hydrogen-bond acceptors (Lipinski definition) is 3. The van der Waals surface area contributed by atoms with Gasteiger partial charge in [-0.05, 0) is 36.6 Å². The summed E-state index contributed by atoms with van der Waals surface area (Å²) in [5, 5.41) is 0. The molecule has 174 valence electrons. The monoisotopic (exact) mass is 469 g/mol. The van der Waals surface area contributed by atoms with Gasteiger partial charge in [0.25, 0.3) is 0 Å². The molecule has 6 nitrogen and oxygen atoms in total. The highest BCUT2D eigenvalue weighted by atomic mass is 32.2. The van der Waals surface area contributed by atoms with Crippen LogP contribution >= 0.6 is 0 Å². The average Bonchev–Trinajstić information content (AvgIpc) is 3.04. The van der Waals surface area contributed by atoms with Crippen LogP contribution in [0.3, 0.4) is 0 Å². The second-order valence-electron chi connectivity index (χ2n) is 7.95. The number of amides is 2. The number of carbonyl (C=O) groups excluding carboxylic acids is 1. The smallest absolute Gasteiger partial charge is 0.319 e. The molecule has 3 rings (SSSR count). The summed E-state index contributed by atoms with van der Waals surface area (Å²) in [6.07, 6.45) is -1.74. The molecule has 0 saturated carbocycles. The van der Waals surface area contributed by atoms with Crippen LogP contribution in [0.15, 0.2) is 42.5 Å². The molecule has 0 bridgehead atoms. The molecule has 0 aromatic heterocycles. The molecule has 2 aromatic carbocycles. The van der Waals surface area contributed by atoms with Crippen LogP contribution in [0.4, 0.5) is 18.0 Å². The molecule has 10 heteroatoms. The van der Waals surface area contributed by atoms with Crippen molar-refractivity contribution in [3.05, 3.63) is 59.7 Å². The van der Waals surface area contributed by atoms with Crippen LogP contribution in [0.2, 0.25) is 0 Å². The molecular formula is C22H26F3N3O3S. The molecule has 1 N–H and O–H groups in total. The Labute approximate surface area is 186 Å². The van der Waals surface area contributed by atoms with Crippen LogP contribution in [0.1, 0.15) is 12.5 Å². The minimum absolute atomic E-state index is 0.0994. The van der Waals surface area contributed by atoms with E-state index in [4.69, 9.17) is 0 Å². The van der Waals surface area contributed by atoms with Crippen LogP contribution in [0.5, 0.6) is 0 Å². The lowest BCUT2D eigenvalue weighted by molar-refractivity contribution is 0.161. The lowest BCUT2D eigenvalue weighted by Gasteiger charge is -2.30. The van der Waals surface area contributed by atoms with Crippen molar-refractivity contribution in [2.24, 2.45) is 0 Å². The Morgan fingerprint density at radius 2 is 1.81 bits per heavy atom. The Hall–Kier alpha value is -2.59. The summed E-state index contributed by atoms with van der Waals surface area (Å²) in [6.45, 7) is 1.12. The molecule has 0 radical (unpaired) electrons. The van der Waals surface area contributed by atoms with Gasteiger partial charge in [-0.1, -0.05) is 30.3 Å². The van der Waals surface area contributed by atoms with Gasteiger partial charge in [-0.3, -0.25) is 0 Å². The van der Waals surface area contributed by atoms with Gasteiger partial charge in [0.1, 0.15) is 17.8 Å². The highest BCUT2D eigenvalue weighted by Crippen LogP contribution is 2.30. The average molecular weight is 470 g/mol. The zero-order valence-electron chi connectivity index (χ0n) is 18.1. The standard InChI is InChI=1S/C22H26F3N3O3S/c1-4-32(30,31)26-21-18(24)13-28(22(29)27(2)3)19(21)12-15-6-5-7-17(20(15)25)14-8-10-16(23)11-9-14/h5-11,18-19,21,26H,4,12-13H2,1-3H3/t18-,19-,21-/m0/s1. The number of rotatable bonds is 6. The first kappa shape index (κ1) is 24.1. The third kappa shape index (κ3) is 5.07. The van der Waals surface area contributed by atoms with Gasteiger partial charge in [0, 0.05) is 19.7 Å². The maximum Gasteiger partial charge on any atom is 0.319 e. The Morgan fingerprint density at radius 1 is 1.16 bits per heavy atom.